The van der Waals surface area contributed by atoms with E-state index in [0.717, 1.165) is 0 Å². The minimum atomic E-state index is -0.676. The van der Waals surface area contributed by atoms with E-state index in [1.807, 2.05) is 13.8 Å². The highest BCUT2D eigenvalue weighted by Crippen LogP contribution is 2.60. The third kappa shape index (κ3) is 1.89. The molecule has 6 heteroatoms. The van der Waals surface area contributed by atoms with Gasteiger partial charge in [0.2, 0.25) is 0 Å². The third-order valence-electron chi connectivity index (χ3n) is 3.97. The van der Waals surface area contributed by atoms with E-state index in [1.54, 1.807) is 14.0 Å². The smallest absolute Gasteiger partial charge is 0.312 e. The highest BCUT2D eigenvalue weighted by atomic mass is 16.8. The number of carbonyl (C=O) groups excluding carboxylic acids is 1. The normalized spacial score (nSPS) is 46.3. The van der Waals surface area contributed by atoms with E-state index in [-0.39, 0.29) is 24.1 Å². The van der Waals surface area contributed by atoms with Gasteiger partial charge in [0.25, 0.3) is 0 Å². The van der Waals surface area contributed by atoms with Crippen molar-refractivity contribution in [1.82, 2.24) is 0 Å². The van der Waals surface area contributed by atoms with Gasteiger partial charge >= 0.3 is 5.97 Å². The second-order valence-electron chi connectivity index (χ2n) is 5.71. The Morgan fingerprint density at radius 1 is 1.32 bits per heavy atom. The molecular weight excluding hydrogens is 252 g/mol. The molecule has 0 amide bonds. The number of fused-ring (bicyclic) bond motifs is 2. The number of hydrogen-bond acceptors (Lipinski definition) is 6. The summed E-state index contributed by atoms with van der Waals surface area (Å²) in [6.07, 6.45) is -0.459. The van der Waals surface area contributed by atoms with E-state index in [2.05, 4.69) is 0 Å². The average molecular weight is 272 g/mol. The Labute approximate surface area is 112 Å². The van der Waals surface area contributed by atoms with Crippen molar-refractivity contribution in [3.05, 3.63) is 0 Å². The van der Waals surface area contributed by atoms with Gasteiger partial charge in [0.05, 0.1) is 12.5 Å². The molecule has 2 aliphatic heterocycles. The Morgan fingerprint density at radius 3 is 2.68 bits per heavy atom. The number of carbonyl (C=O) groups is 1. The predicted octanol–water partition coefficient (Wildman–Crippen LogP) is 0.831. The van der Waals surface area contributed by atoms with Crippen molar-refractivity contribution in [2.45, 2.75) is 57.1 Å². The molecule has 1 saturated carbocycles. The van der Waals surface area contributed by atoms with Crippen molar-refractivity contribution >= 4 is 5.97 Å². The summed E-state index contributed by atoms with van der Waals surface area (Å²) in [5, 5.41) is 0. The molecule has 1 aliphatic carbocycles. The molecule has 108 valence electrons. The number of rotatable bonds is 3. The predicted molar refractivity (Wildman–Crippen MR) is 63.2 cm³/mol. The van der Waals surface area contributed by atoms with Crippen LogP contribution in [0.4, 0.5) is 0 Å². The highest BCUT2D eigenvalue weighted by Gasteiger charge is 2.76. The van der Waals surface area contributed by atoms with Crippen molar-refractivity contribution in [2.75, 3.05) is 13.7 Å². The van der Waals surface area contributed by atoms with E-state index in [4.69, 9.17) is 23.7 Å². The minimum absolute atomic E-state index is 0.230. The molecule has 2 saturated heterocycles. The molecule has 0 N–H and O–H groups in total. The maximum atomic E-state index is 11.9. The first kappa shape index (κ1) is 13.3. The van der Waals surface area contributed by atoms with Crippen molar-refractivity contribution < 1.29 is 28.5 Å². The molecule has 0 radical (unpaired) electrons. The zero-order valence-corrected chi connectivity index (χ0v) is 11.7. The van der Waals surface area contributed by atoms with Crippen molar-refractivity contribution in [3.8, 4) is 0 Å². The second kappa shape index (κ2) is 4.15. The number of methoxy groups -OCH3 is 1. The molecule has 6 nitrogen and oxygen atoms in total. The first-order valence-corrected chi connectivity index (χ1v) is 6.66. The first-order chi connectivity index (χ1) is 8.93. The topological polar surface area (TPSA) is 63.2 Å². The lowest BCUT2D eigenvalue weighted by molar-refractivity contribution is -0.235. The van der Waals surface area contributed by atoms with E-state index in [1.165, 1.54) is 0 Å². The van der Waals surface area contributed by atoms with Crippen molar-refractivity contribution in [3.63, 3.8) is 0 Å². The maximum Gasteiger partial charge on any atom is 0.312 e. The summed E-state index contributed by atoms with van der Waals surface area (Å²) in [6, 6.07) is 0. The van der Waals surface area contributed by atoms with Gasteiger partial charge < -0.3 is 23.7 Å². The van der Waals surface area contributed by atoms with Gasteiger partial charge in [-0.25, -0.2) is 0 Å². The molecule has 0 aromatic rings. The van der Waals surface area contributed by atoms with Crippen LogP contribution in [0.5, 0.6) is 0 Å². The zero-order valence-electron chi connectivity index (χ0n) is 11.7. The van der Waals surface area contributed by atoms with E-state index in [9.17, 15) is 4.79 Å². The zero-order chi connectivity index (χ0) is 13.8. The van der Waals surface area contributed by atoms with Gasteiger partial charge in [0, 0.05) is 7.11 Å². The van der Waals surface area contributed by atoms with Gasteiger partial charge in [-0.1, -0.05) is 0 Å². The summed E-state index contributed by atoms with van der Waals surface area (Å²) >= 11 is 0. The Kier molecular flexibility index (Phi) is 2.91. The quantitative estimate of drug-likeness (QED) is 0.709. The molecule has 5 atom stereocenters. The van der Waals surface area contributed by atoms with Crippen LogP contribution in [0.2, 0.25) is 0 Å². The summed E-state index contributed by atoms with van der Waals surface area (Å²) in [5.41, 5.74) is -0.634. The molecule has 2 heterocycles. The lowest BCUT2D eigenvalue weighted by atomic mass is 10.1. The van der Waals surface area contributed by atoms with Crippen LogP contribution in [-0.2, 0) is 28.5 Å². The second-order valence-corrected chi connectivity index (χ2v) is 5.71. The van der Waals surface area contributed by atoms with E-state index in [0.29, 0.717) is 13.0 Å². The largest absolute Gasteiger partial charge is 0.466 e. The molecular formula is C13H20O6. The van der Waals surface area contributed by atoms with Crippen LogP contribution in [0.25, 0.3) is 0 Å². The molecule has 19 heavy (non-hydrogen) atoms. The van der Waals surface area contributed by atoms with E-state index < -0.39 is 17.7 Å². The third-order valence-corrected chi connectivity index (χ3v) is 3.97. The first-order valence-electron chi connectivity index (χ1n) is 6.66. The maximum absolute atomic E-state index is 11.9. The Morgan fingerprint density at radius 2 is 2.05 bits per heavy atom. The van der Waals surface area contributed by atoms with Gasteiger partial charge in [-0.3, -0.25) is 4.79 Å². The molecule has 0 aromatic heterocycles. The van der Waals surface area contributed by atoms with Gasteiger partial charge in [-0.05, 0) is 27.2 Å². The summed E-state index contributed by atoms with van der Waals surface area (Å²) < 4.78 is 28.0. The number of esters is 1. The molecule has 2 unspecified atom stereocenters. The molecule has 0 bridgehead atoms. The molecule has 3 rings (SSSR count). The lowest BCUT2D eigenvalue weighted by Gasteiger charge is -2.23. The molecule has 3 aliphatic rings. The Bertz CT molecular complexity index is 395. The minimum Gasteiger partial charge on any atom is -0.466 e. The fraction of sp³-hybridized carbons (Fsp3) is 0.923. The molecule has 3 fully saturated rings. The van der Waals surface area contributed by atoms with E-state index >= 15 is 0 Å². The number of hydrogen-bond donors (Lipinski definition) is 0. The Hall–Kier alpha value is -0.690. The van der Waals surface area contributed by atoms with Gasteiger partial charge in [-0.15, -0.1) is 0 Å². The highest BCUT2D eigenvalue weighted by molar-refractivity contribution is 5.78. The molecule has 1 spiro atoms. The lowest BCUT2D eigenvalue weighted by Crippen LogP contribution is -2.34. The van der Waals surface area contributed by atoms with Crippen LogP contribution in [0.1, 0.15) is 27.2 Å². The van der Waals surface area contributed by atoms with Gasteiger partial charge in [-0.2, -0.15) is 0 Å². The van der Waals surface area contributed by atoms with Crippen LogP contribution >= 0.6 is 0 Å². The summed E-state index contributed by atoms with van der Waals surface area (Å²) in [4.78, 5) is 11.9. The number of ether oxygens (including phenoxy) is 5. The standard InChI is InChI=1S/C13H20O6/c1-5-16-10(14)7-6-13(7)9-8(11(15-4)19-13)17-12(2,3)18-9/h7-9,11H,5-6H2,1-4H3/t7-,8?,9?,11+,13-/m0/s1. The van der Waals surface area contributed by atoms with Crippen LogP contribution in [-0.4, -0.2) is 49.6 Å². The summed E-state index contributed by atoms with van der Waals surface area (Å²) in [5.74, 6) is -1.19. The van der Waals surface area contributed by atoms with Crippen LogP contribution < -0.4 is 0 Å². The van der Waals surface area contributed by atoms with Crippen molar-refractivity contribution in [2.24, 2.45) is 5.92 Å². The van der Waals surface area contributed by atoms with Crippen molar-refractivity contribution in [1.29, 1.82) is 0 Å². The average Bonchev–Trinajstić information content (AvgIpc) is 2.89. The summed E-state index contributed by atoms with van der Waals surface area (Å²) in [6.45, 7) is 5.87. The van der Waals surface area contributed by atoms with Gasteiger partial charge in [0.1, 0.15) is 17.8 Å². The van der Waals surface area contributed by atoms with Crippen LogP contribution in [0, 0.1) is 5.92 Å². The fourth-order valence-corrected chi connectivity index (χ4v) is 3.13. The Balaban J connectivity index is 1.79. The monoisotopic (exact) mass is 272 g/mol. The SMILES string of the molecule is CCOC(=O)[C@@H]1C[C@]12O[C@@H](OC)C1OC(C)(C)OC12. The molecule has 0 aromatic carbocycles. The van der Waals surface area contributed by atoms with Crippen LogP contribution in [0.3, 0.4) is 0 Å². The summed E-state index contributed by atoms with van der Waals surface area (Å²) in [7, 11) is 1.57. The fourth-order valence-electron chi connectivity index (χ4n) is 3.13. The van der Waals surface area contributed by atoms with Gasteiger partial charge in [0.15, 0.2) is 12.1 Å². The van der Waals surface area contributed by atoms with Crippen LogP contribution in [0.15, 0.2) is 0 Å².